The van der Waals surface area contributed by atoms with Crippen LogP contribution in [0.15, 0.2) is 40.9 Å². The molecule has 1 amide bonds. The molecule has 0 bridgehead atoms. The Morgan fingerprint density at radius 2 is 1.89 bits per heavy atom. The van der Waals surface area contributed by atoms with E-state index in [0.29, 0.717) is 25.8 Å². The van der Waals surface area contributed by atoms with Gasteiger partial charge < -0.3 is 5.32 Å². The van der Waals surface area contributed by atoms with Gasteiger partial charge in [0.25, 0.3) is 5.91 Å². The van der Waals surface area contributed by atoms with Gasteiger partial charge in [0, 0.05) is 13.6 Å². The first-order chi connectivity index (χ1) is 8.99. The fourth-order valence-corrected chi connectivity index (χ4v) is 2.81. The molecule has 0 heterocycles. The second kappa shape index (κ2) is 6.43. The summed E-state index contributed by atoms with van der Waals surface area (Å²) in [6.07, 6.45) is 0. The molecule has 0 unspecified atom stereocenters. The summed E-state index contributed by atoms with van der Waals surface area (Å²) in [6, 6.07) is 10.7. The van der Waals surface area contributed by atoms with Gasteiger partial charge in [-0.25, -0.2) is 0 Å². The van der Waals surface area contributed by atoms with Crippen LogP contribution in [0.2, 0.25) is 10.0 Å². The first-order valence-electron chi connectivity index (χ1n) is 5.19. The third-order valence-electron chi connectivity index (χ3n) is 2.37. The Kier molecular flexibility index (Phi) is 5.11. The summed E-state index contributed by atoms with van der Waals surface area (Å²) < 4.78 is 1.68. The van der Waals surface area contributed by atoms with Crippen molar-refractivity contribution in [3.63, 3.8) is 0 Å². The lowest BCUT2D eigenvalue weighted by molar-refractivity contribution is 0.102. The first-order valence-corrected chi connectivity index (χ1v) is 7.82. The average molecular weight is 471 g/mol. The fraction of sp³-hybridized carbons (Fsp3) is 0. The molecular weight excluding hydrogens is 464 g/mol. The van der Waals surface area contributed by atoms with Gasteiger partial charge in [-0.3, -0.25) is 4.79 Å². The predicted octanol–water partition coefficient (Wildman–Crippen LogP) is 5.61. The van der Waals surface area contributed by atoms with Gasteiger partial charge in [0.1, 0.15) is 0 Å². The molecule has 19 heavy (non-hydrogen) atoms. The maximum Gasteiger partial charge on any atom is 0.255 e. The zero-order valence-electron chi connectivity index (χ0n) is 9.38. The molecule has 0 radical (unpaired) electrons. The van der Waals surface area contributed by atoms with E-state index in [1.165, 1.54) is 0 Å². The third-order valence-corrected chi connectivity index (χ3v) is 4.81. The lowest BCUT2D eigenvalue weighted by Crippen LogP contribution is -2.12. The Bertz CT molecular complexity index is 649. The van der Waals surface area contributed by atoms with E-state index in [9.17, 15) is 4.79 Å². The maximum atomic E-state index is 12.1. The van der Waals surface area contributed by atoms with Crippen molar-refractivity contribution < 1.29 is 4.79 Å². The van der Waals surface area contributed by atoms with Gasteiger partial charge in [-0.2, -0.15) is 0 Å². The molecule has 0 aromatic heterocycles. The molecular formula is C13H7BrCl2INO. The number of anilines is 1. The van der Waals surface area contributed by atoms with Crippen molar-refractivity contribution in [2.45, 2.75) is 0 Å². The molecule has 2 rings (SSSR count). The second-order valence-electron chi connectivity index (χ2n) is 3.69. The molecule has 0 aliphatic rings. The van der Waals surface area contributed by atoms with Crippen molar-refractivity contribution in [1.82, 2.24) is 0 Å². The van der Waals surface area contributed by atoms with Gasteiger partial charge in [-0.15, -0.1) is 0 Å². The summed E-state index contributed by atoms with van der Waals surface area (Å²) >= 11 is 17.5. The van der Waals surface area contributed by atoms with Crippen LogP contribution in [0.25, 0.3) is 0 Å². The van der Waals surface area contributed by atoms with E-state index in [4.69, 9.17) is 23.2 Å². The van der Waals surface area contributed by atoms with Crippen LogP contribution in [0.4, 0.5) is 5.69 Å². The molecule has 0 atom stereocenters. The Morgan fingerprint density at radius 3 is 2.58 bits per heavy atom. The minimum absolute atomic E-state index is 0.223. The standard InChI is InChI=1S/C13H7BrCl2INO/c14-9-4-5-10(12(16)11(9)15)18-13(19)7-2-1-3-8(17)6-7/h1-6H,(H,18,19). The predicted molar refractivity (Wildman–Crippen MR) is 91.3 cm³/mol. The average Bonchev–Trinajstić information content (AvgIpc) is 2.39. The number of rotatable bonds is 2. The molecule has 0 fully saturated rings. The molecule has 0 saturated carbocycles. The van der Waals surface area contributed by atoms with Crippen molar-refractivity contribution in [3.05, 3.63) is 60.0 Å². The van der Waals surface area contributed by atoms with Crippen LogP contribution < -0.4 is 5.32 Å². The van der Waals surface area contributed by atoms with Gasteiger partial charge in [0.15, 0.2) is 0 Å². The largest absolute Gasteiger partial charge is 0.321 e. The van der Waals surface area contributed by atoms with E-state index in [-0.39, 0.29) is 5.91 Å². The van der Waals surface area contributed by atoms with Crippen molar-refractivity contribution in [3.8, 4) is 0 Å². The number of carbonyl (C=O) groups excluding carboxylic acids is 1. The fourth-order valence-electron chi connectivity index (χ4n) is 1.45. The minimum atomic E-state index is -0.223. The van der Waals surface area contributed by atoms with E-state index in [2.05, 4.69) is 43.8 Å². The van der Waals surface area contributed by atoms with E-state index in [1.807, 2.05) is 12.1 Å². The number of carbonyl (C=O) groups is 1. The normalized spacial score (nSPS) is 10.3. The van der Waals surface area contributed by atoms with Gasteiger partial charge in [-0.1, -0.05) is 29.3 Å². The van der Waals surface area contributed by atoms with Gasteiger partial charge >= 0.3 is 0 Å². The van der Waals surface area contributed by atoms with Crippen LogP contribution in [0.1, 0.15) is 10.4 Å². The van der Waals surface area contributed by atoms with E-state index in [1.54, 1.807) is 24.3 Å². The Hall–Kier alpha value is -0.300. The zero-order valence-corrected chi connectivity index (χ0v) is 14.6. The summed E-state index contributed by atoms with van der Waals surface area (Å²) in [6.45, 7) is 0. The van der Waals surface area contributed by atoms with Crippen LogP contribution >= 0.6 is 61.7 Å². The summed E-state index contributed by atoms with van der Waals surface area (Å²) in [4.78, 5) is 12.1. The molecule has 2 aromatic rings. The number of benzene rings is 2. The number of hydrogen-bond acceptors (Lipinski definition) is 1. The lowest BCUT2D eigenvalue weighted by Gasteiger charge is -2.09. The highest BCUT2D eigenvalue weighted by atomic mass is 127. The topological polar surface area (TPSA) is 29.1 Å². The van der Waals surface area contributed by atoms with Gasteiger partial charge in [0.05, 0.1) is 15.7 Å². The van der Waals surface area contributed by atoms with Crippen LogP contribution in [0.5, 0.6) is 0 Å². The highest BCUT2D eigenvalue weighted by molar-refractivity contribution is 14.1. The molecule has 2 nitrogen and oxygen atoms in total. The second-order valence-corrected chi connectivity index (χ2v) is 6.54. The van der Waals surface area contributed by atoms with Crippen molar-refractivity contribution in [1.29, 1.82) is 0 Å². The minimum Gasteiger partial charge on any atom is -0.321 e. The van der Waals surface area contributed by atoms with E-state index in [0.717, 1.165) is 3.57 Å². The summed E-state index contributed by atoms with van der Waals surface area (Å²) in [5, 5.41) is 3.43. The van der Waals surface area contributed by atoms with Crippen LogP contribution in [-0.2, 0) is 0 Å². The van der Waals surface area contributed by atoms with Crippen molar-refractivity contribution in [2.75, 3.05) is 5.32 Å². The number of amides is 1. The van der Waals surface area contributed by atoms with E-state index < -0.39 is 0 Å². The molecule has 0 aliphatic carbocycles. The molecule has 6 heteroatoms. The van der Waals surface area contributed by atoms with Gasteiger partial charge in [-0.05, 0) is 68.9 Å². The Labute approximate surface area is 142 Å². The number of halogens is 4. The third kappa shape index (κ3) is 3.62. The summed E-state index contributed by atoms with van der Waals surface area (Å²) in [7, 11) is 0. The van der Waals surface area contributed by atoms with Crippen LogP contribution in [0.3, 0.4) is 0 Å². The zero-order chi connectivity index (χ0) is 14.0. The SMILES string of the molecule is O=C(Nc1ccc(Br)c(Cl)c1Cl)c1cccc(I)c1. The summed E-state index contributed by atoms with van der Waals surface area (Å²) in [5.74, 6) is -0.223. The molecule has 98 valence electrons. The number of hydrogen-bond donors (Lipinski definition) is 1. The first kappa shape index (κ1) is 15.1. The Morgan fingerprint density at radius 1 is 1.16 bits per heavy atom. The molecule has 0 spiro atoms. The smallest absolute Gasteiger partial charge is 0.255 e. The maximum absolute atomic E-state index is 12.1. The van der Waals surface area contributed by atoms with Crippen LogP contribution in [0, 0.1) is 3.57 Å². The van der Waals surface area contributed by atoms with Gasteiger partial charge in [0.2, 0.25) is 0 Å². The molecule has 0 aliphatic heterocycles. The monoisotopic (exact) mass is 469 g/mol. The highest BCUT2D eigenvalue weighted by Gasteiger charge is 2.12. The molecule has 0 saturated heterocycles. The summed E-state index contributed by atoms with van der Waals surface area (Å²) in [5.41, 5.74) is 1.06. The van der Waals surface area contributed by atoms with E-state index >= 15 is 0 Å². The number of nitrogens with one attached hydrogen (secondary N) is 1. The highest BCUT2D eigenvalue weighted by Crippen LogP contribution is 2.35. The van der Waals surface area contributed by atoms with Crippen molar-refractivity contribution >= 4 is 73.3 Å². The van der Waals surface area contributed by atoms with Crippen molar-refractivity contribution in [2.24, 2.45) is 0 Å². The quantitative estimate of drug-likeness (QED) is 0.448. The van der Waals surface area contributed by atoms with Crippen LogP contribution in [-0.4, -0.2) is 5.91 Å². The Balaban J connectivity index is 2.27. The lowest BCUT2D eigenvalue weighted by atomic mass is 10.2. The molecule has 2 aromatic carbocycles. The molecule has 1 N–H and O–H groups in total.